The molecule has 2 aromatic rings. The van der Waals surface area contributed by atoms with E-state index < -0.39 is 10.0 Å². The molecule has 0 unspecified atom stereocenters. The molecule has 2 rings (SSSR count). The first-order valence-electron chi connectivity index (χ1n) is 7.24. The number of para-hydroxylation sites is 1. The fraction of sp³-hybridized carbons (Fsp3) is 0.250. The minimum atomic E-state index is -3.43. The van der Waals surface area contributed by atoms with Crippen LogP contribution in [0, 0.1) is 0 Å². The van der Waals surface area contributed by atoms with Gasteiger partial charge in [0, 0.05) is 31.9 Å². The highest BCUT2D eigenvalue weighted by atomic mass is 35.5. The summed E-state index contributed by atoms with van der Waals surface area (Å²) in [5, 5.41) is 3.11. The molecule has 6 nitrogen and oxygen atoms in total. The molecule has 1 aromatic carbocycles. The van der Waals surface area contributed by atoms with Gasteiger partial charge in [-0.3, -0.25) is 9.78 Å². The van der Waals surface area contributed by atoms with Crippen molar-refractivity contribution in [2.24, 2.45) is 0 Å². The van der Waals surface area contributed by atoms with E-state index in [2.05, 4.69) is 10.3 Å². The van der Waals surface area contributed by atoms with E-state index in [-0.39, 0.29) is 25.4 Å². The number of halogens is 1. The van der Waals surface area contributed by atoms with E-state index in [1.807, 2.05) is 0 Å². The van der Waals surface area contributed by atoms with Crippen LogP contribution in [0.25, 0.3) is 0 Å². The third-order valence-corrected chi connectivity index (χ3v) is 4.89. The molecule has 0 saturated carbocycles. The first-order valence-corrected chi connectivity index (χ1v) is 9.47. The maximum Gasteiger partial charge on any atom is 0.225 e. The van der Waals surface area contributed by atoms with Crippen molar-refractivity contribution in [2.75, 3.05) is 18.1 Å². The summed E-state index contributed by atoms with van der Waals surface area (Å²) in [6.45, 7) is 0.276. The maximum atomic E-state index is 12.0. The van der Waals surface area contributed by atoms with E-state index in [1.165, 1.54) is 4.31 Å². The molecule has 0 saturated heterocycles. The fourth-order valence-electron chi connectivity index (χ4n) is 2.06. The van der Waals surface area contributed by atoms with Gasteiger partial charge in [0.2, 0.25) is 15.9 Å². The molecule has 1 amide bonds. The van der Waals surface area contributed by atoms with Crippen molar-refractivity contribution in [2.45, 2.75) is 13.0 Å². The van der Waals surface area contributed by atoms with Crippen LogP contribution >= 0.6 is 11.6 Å². The maximum absolute atomic E-state index is 12.0. The van der Waals surface area contributed by atoms with Crippen molar-refractivity contribution >= 4 is 33.2 Å². The molecule has 1 N–H and O–H groups in total. The Morgan fingerprint density at radius 2 is 1.88 bits per heavy atom. The zero-order valence-electron chi connectivity index (χ0n) is 13.1. The van der Waals surface area contributed by atoms with Gasteiger partial charge in [0.1, 0.15) is 0 Å². The van der Waals surface area contributed by atoms with Crippen molar-refractivity contribution in [3.8, 4) is 0 Å². The van der Waals surface area contributed by atoms with Crippen LogP contribution in [0.4, 0.5) is 5.69 Å². The number of hydrogen-bond acceptors (Lipinski definition) is 4. The Bertz CT molecular complexity index is 797. The first kappa shape index (κ1) is 18.4. The number of pyridine rings is 1. The van der Waals surface area contributed by atoms with Gasteiger partial charge < -0.3 is 5.32 Å². The number of carbonyl (C=O) groups is 1. The lowest BCUT2D eigenvalue weighted by Gasteiger charge is -2.19. The number of nitrogens with zero attached hydrogens (tertiary/aromatic N) is 2. The van der Waals surface area contributed by atoms with E-state index in [0.29, 0.717) is 10.7 Å². The van der Waals surface area contributed by atoms with Gasteiger partial charge in [-0.15, -0.1) is 0 Å². The van der Waals surface area contributed by atoms with Gasteiger partial charge in [-0.05, 0) is 29.8 Å². The van der Waals surface area contributed by atoms with Crippen molar-refractivity contribution in [3.05, 3.63) is 59.4 Å². The van der Waals surface area contributed by atoms with Crippen molar-refractivity contribution in [1.82, 2.24) is 9.29 Å². The van der Waals surface area contributed by atoms with E-state index in [0.717, 1.165) is 11.8 Å². The monoisotopic (exact) mass is 367 g/mol. The Morgan fingerprint density at radius 3 is 2.50 bits per heavy atom. The van der Waals surface area contributed by atoms with Crippen LogP contribution in [-0.4, -0.2) is 36.4 Å². The van der Waals surface area contributed by atoms with E-state index in [1.54, 1.807) is 48.8 Å². The van der Waals surface area contributed by atoms with Crippen LogP contribution in [0.1, 0.15) is 12.0 Å². The number of sulfonamides is 1. The number of aromatic nitrogens is 1. The van der Waals surface area contributed by atoms with Crippen LogP contribution < -0.4 is 5.32 Å². The predicted molar refractivity (Wildman–Crippen MR) is 94.2 cm³/mol. The molecule has 0 fully saturated rings. The molecule has 0 aliphatic carbocycles. The van der Waals surface area contributed by atoms with E-state index in [9.17, 15) is 13.2 Å². The third-order valence-electron chi connectivity index (χ3n) is 3.31. The highest BCUT2D eigenvalue weighted by Crippen LogP contribution is 2.20. The molecule has 8 heteroatoms. The normalized spacial score (nSPS) is 11.5. The molecule has 1 aromatic heterocycles. The van der Waals surface area contributed by atoms with Crippen LogP contribution in [0.15, 0.2) is 48.8 Å². The highest BCUT2D eigenvalue weighted by molar-refractivity contribution is 7.88. The van der Waals surface area contributed by atoms with Gasteiger partial charge in [-0.1, -0.05) is 23.7 Å². The summed E-state index contributed by atoms with van der Waals surface area (Å²) in [6.07, 6.45) is 4.35. The quantitative estimate of drug-likeness (QED) is 0.815. The lowest BCUT2D eigenvalue weighted by atomic mass is 10.2. The minimum absolute atomic E-state index is 0.0311. The molecule has 1 heterocycles. The number of nitrogens with one attached hydrogen (secondary N) is 1. The Kier molecular flexibility index (Phi) is 6.30. The summed E-state index contributed by atoms with van der Waals surface area (Å²) in [5.41, 5.74) is 1.31. The summed E-state index contributed by atoms with van der Waals surface area (Å²) >= 11 is 5.98. The minimum Gasteiger partial charge on any atom is -0.325 e. The summed E-state index contributed by atoms with van der Waals surface area (Å²) in [4.78, 5) is 15.9. The summed E-state index contributed by atoms with van der Waals surface area (Å²) in [5.74, 6) is -0.300. The van der Waals surface area contributed by atoms with Gasteiger partial charge in [0.05, 0.1) is 17.0 Å². The molecule has 0 aliphatic rings. The second kappa shape index (κ2) is 8.23. The Hall–Kier alpha value is -1.96. The number of amides is 1. The van der Waals surface area contributed by atoms with Crippen LogP contribution in [0.2, 0.25) is 5.02 Å². The van der Waals surface area contributed by atoms with Gasteiger partial charge in [-0.25, -0.2) is 8.42 Å². The lowest BCUT2D eigenvalue weighted by molar-refractivity contribution is -0.116. The Morgan fingerprint density at radius 1 is 1.21 bits per heavy atom. The number of rotatable bonds is 7. The average Bonchev–Trinajstić information content (AvgIpc) is 2.53. The van der Waals surface area contributed by atoms with Gasteiger partial charge >= 0.3 is 0 Å². The van der Waals surface area contributed by atoms with Gasteiger partial charge in [0.15, 0.2) is 0 Å². The fourth-order valence-corrected chi connectivity index (χ4v) is 3.04. The number of anilines is 1. The van der Waals surface area contributed by atoms with Gasteiger partial charge in [-0.2, -0.15) is 4.31 Å². The largest absolute Gasteiger partial charge is 0.325 e. The zero-order valence-corrected chi connectivity index (χ0v) is 14.7. The van der Waals surface area contributed by atoms with E-state index in [4.69, 9.17) is 11.6 Å². The Balaban J connectivity index is 1.98. The molecule has 0 spiro atoms. The van der Waals surface area contributed by atoms with Crippen LogP contribution in [-0.2, 0) is 21.4 Å². The number of benzene rings is 1. The standard InChI is InChI=1S/C16H18ClN3O3S/c1-24(22,23)20(12-13-6-9-18-10-7-13)11-8-16(21)19-15-5-3-2-4-14(15)17/h2-7,9-10H,8,11-12H2,1H3,(H,19,21). The molecular formula is C16H18ClN3O3S. The number of carbonyl (C=O) groups excluding carboxylic acids is 1. The lowest BCUT2D eigenvalue weighted by Crippen LogP contribution is -2.32. The molecule has 24 heavy (non-hydrogen) atoms. The van der Waals surface area contributed by atoms with Crippen molar-refractivity contribution in [1.29, 1.82) is 0 Å². The Labute approximate surface area is 146 Å². The molecule has 0 aliphatic heterocycles. The first-order chi connectivity index (χ1) is 11.4. The van der Waals surface area contributed by atoms with E-state index >= 15 is 0 Å². The second-order valence-corrected chi connectivity index (χ2v) is 7.62. The van der Waals surface area contributed by atoms with Crippen molar-refractivity contribution < 1.29 is 13.2 Å². The molecule has 128 valence electrons. The molecule has 0 bridgehead atoms. The summed E-state index contributed by atoms with van der Waals surface area (Å²) in [6, 6.07) is 10.4. The predicted octanol–water partition coefficient (Wildman–Crippen LogP) is 2.53. The SMILES string of the molecule is CS(=O)(=O)N(CCC(=O)Nc1ccccc1Cl)Cc1ccncc1. The smallest absolute Gasteiger partial charge is 0.225 e. The zero-order chi connectivity index (χ0) is 17.6. The highest BCUT2D eigenvalue weighted by Gasteiger charge is 2.18. The topological polar surface area (TPSA) is 79.4 Å². The summed E-state index contributed by atoms with van der Waals surface area (Å²) in [7, 11) is -3.43. The second-order valence-electron chi connectivity index (χ2n) is 5.23. The molecule has 0 radical (unpaired) electrons. The molecule has 0 atom stereocenters. The van der Waals surface area contributed by atoms with Gasteiger partial charge in [0.25, 0.3) is 0 Å². The summed E-state index contributed by atoms with van der Waals surface area (Å²) < 4.78 is 25.1. The van der Waals surface area contributed by atoms with Crippen LogP contribution in [0.5, 0.6) is 0 Å². The average molecular weight is 368 g/mol. The van der Waals surface area contributed by atoms with Crippen LogP contribution in [0.3, 0.4) is 0 Å². The molecular weight excluding hydrogens is 350 g/mol. The number of hydrogen-bond donors (Lipinski definition) is 1. The third kappa shape index (κ3) is 5.59. The van der Waals surface area contributed by atoms with Crippen molar-refractivity contribution in [3.63, 3.8) is 0 Å².